The van der Waals surface area contributed by atoms with E-state index >= 15 is 0 Å². The van der Waals surface area contributed by atoms with E-state index in [0.717, 1.165) is 9.64 Å². The highest BCUT2D eigenvalue weighted by Gasteiger charge is 2.33. The van der Waals surface area contributed by atoms with Crippen LogP contribution in [-0.4, -0.2) is 9.78 Å². The van der Waals surface area contributed by atoms with E-state index in [1.807, 2.05) is 22.6 Å². The molecule has 7 heteroatoms. The van der Waals surface area contributed by atoms with Crippen LogP contribution < -0.4 is 5.73 Å². The van der Waals surface area contributed by atoms with Crippen LogP contribution in [0.1, 0.15) is 11.1 Å². The first-order valence-electron chi connectivity index (χ1n) is 5.02. The van der Waals surface area contributed by atoms with Gasteiger partial charge >= 0.3 is 6.18 Å². The molecule has 0 radical (unpaired) electrons. The molecule has 0 aliphatic carbocycles. The molecule has 2 N–H and O–H groups in total. The molecule has 0 atom stereocenters. The molecule has 1 aromatic carbocycles. The SMILES string of the molecule is NCc1ccc(-n2cc(I)cn2)cc1C(F)(F)F. The molecule has 18 heavy (non-hydrogen) atoms. The molecule has 1 aromatic heterocycles. The second-order valence-electron chi connectivity index (χ2n) is 3.65. The van der Waals surface area contributed by atoms with Gasteiger partial charge in [-0.05, 0) is 40.3 Å². The summed E-state index contributed by atoms with van der Waals surface area (Å²) in [5, 5.41) is 3.98. The minimum atomic E-state index is -4.41. The molecule has 3 nitrogen and oxygen atoms in total. The molecule has 0 aliphatic rings. The third-order valence-corrected chi connectivity index (χ3v) is 2.99. The Balaban J connectivity index is 2.52. The van der Waals surface area contributed by atoms with Crippen LogP contribution in [0.5, 0.6) is 0 Å². The molecule has 1 heterocycles. The fraction of sp³-hybridized carbons (Fsp3) is 0.182. The van der Waals surface area contributed by atoms with Crippen molar-refractivity contribution in [2.75, 3.05) is 0 Å². The summed E-state index contributed by atoms with van der Waals surface area (Å²) in [4.78, 5) is 0. The molecule has 0 amide bonds. The number of hydrogen-bond donors (Lipinski definition) is 1. The van der Waals surface area contributed by atoms with Crippen LogP contribution in [0, 0.1) is 3.57 Å². The summed E-state index contributed by atoms with van der Waals surface area (Å²) in [5.41, 5.74) is 5.04. The predicted octanol–water partition coefficient (Wildman–Crippen LogP) is 2.95. The first-order chi connectivity index (χ1) is 8.41. The van der Waals surface area contributed by atoms with E-state index in [-0.39, 0.29) is 12.1 Å². The predicted molar refractivity (Wildman–Crippen MR) is 69.2 cm³/mol. The van der Waals surface area contributed by atoms with E-state index in [1.54, 1.807) is 18.5 Å². The maximum absolute atomic E-state index is 12.8. The van der Waals surface area contributed by atoms with Crippen molar-refractivity contribution >= 4 is 22.6 Å². The van der Waals surface area contributed by atoms with Crippen molar-refractivity contribution in [3.05, 3.63) is 45.3 Å². The normalized spacial score (nSPS) is 11.8. The summed E-state index contributed by atoms with van der Waals surface area (Å²) in [6, 6.07) is 4.01. The van der Waals surface area contributed by atoms with Gasteiger partial charge in [-0.25, -0.2) is 4.68 Å². The molecular weight excluding hydrogens is 358 g/mol. The lowest BCUT2D eigenvalue weighted by molar-refractivity contribution is -0.138. The molecule has 0 saturated carbocycles. The zero-order valence-corrected chi connectivity index (χ0v) is 11.2. The molecule has 2 aromatic rings. The largest absolute Gasteiger partial charge is 0.416 e. The van der Waals surface area contributed by atoms with E-state index in [9.17, 15) is 13.2 Å². The summed E-state index contributed by atoms with van der Waals surface area (Å²) in [7, 11) is 0. The highest BCUT2D eigenvalue weighted by molar-refractivity contribution is 14.1. The number of nitrogens with zero attached hydrogens (tertiary/aromatic N) is 2. The number of halogens is 4. The van der Waals surface area contributed by atoms with Gasteiger partial charge in [-0.1, -0.05) is 6.07 Å². The van der Waals surface area contributed by atoms with Gasteiger partial charge in [-0.2, -0.15) is 18.3 Å². The van der Waals surface area contributed by atoms with E-state index in [0.29, 0.717) is 5.69 Å². The second kappa shape index (κ2) is 4.88. The molecule has 0 aliphatic heterocycles. The standard InChI is InChI=1S/C11H9F3IN3/c12-11(13,14)10-3-9(2-1-7(10)4-16)18-6-8(15)5-17-18/h1-3,5-6H,4,16H2. The van der Waals surface area contributed by atoms with Gasteiger partial charge in [0.25, 0.3) is 0 Å². The number of aromatic nitrogens is 2. The first kappa shape index (κ1) is 13.3. The number of benzene rings is 1. The van der Waals surface area contributed by atoms with Gasteiger partial charge in [-0.3, -0.25) is 0 Å². The second-order valence-corrected chi connectivity index (χ2v) is 4.89. The Morgan fingerprint density at radius 3 is 2.56 bits per heavy atom. The molecular formula is C11H9F3IN3. The topological polar surface area (TPSA) is 43.8 Å². The maximum atomic E-state index is 12.8. The minimum absolute atomic E-state index is 0.0769. The summed E-state index contributed by atoms with van der Waals surface area (Å²) in [6.07, 6.45) is -1.19. The summed E-state index contributed by atoms with van der Waals surface area (Å²) in [6.45, 7) is -0.147. The highest BCUT2D eigenvalue weighted by atomic mass is 127. The highest BCUT2D eigenvalue weighted by Crippen LogP contribution is 2.33. The Labute approximate surface area is 115 Å². The van der Waals surface area contributed by atoms with Crippen molar-refractivity contribution < 1.29 is 13.2 Å². The third-order valence-electron chi connectivity index (χ3n) is 2.43. The average molecular weight is 367 g/mol. The van der Waals surface area contributed by atoms with Crippen LogP contribution in [0.15, 0.2) is 30.6 Å². The molecule has 0 saturated heterocycles. The summed E-state index contributed by atoms with van der Waals surface area (Å²) in [5.74, 6) is 0. The third kappa shape index (κ3) is 2.66. The van der Waals surface area contributed by atoms with Crippen LogP contribution in [0.2, 0.25) is 0 Å². The quantitative estimate of drug-likeness (QED) is 0.830. The Hall–Kier alpha value is -1.09. The molecule has 0 unspecified atom stereocenters. The fourth-order valence-electron chi connectivity index (χ4n) is 1.59. The molecule has 0 spiro atoms. The van der Waals surface area contributed by atoms with Crippen molar-refractivity contribution in [1.82, 2.24) is 9.78 Å². The Morgan fingerprint density at radius 2 is 2.06 bits per heavy atom. The average Bonchev–Trinajstić information content (AvgIpc) is 2.74. The lowest BCUT2D eigenvalue weighted by Crippen LogP contribution is -2.13. The Bertz CT molecular complexity index is 563. The lowest BCUT2D eigenvalue weighted by atomic mass is 10.1. The summed E-state index contributed by atoms with van der Waals surface area (Å²) >= 11 is 2.04. The van der Waals surface area contributed by atoms with Crippen molar-refractivity contribution in [3.63, 3.8) is 0 Å². The lowest BCUT2D eigenvalue weighted by Gasteiger charge is -2.13. The maximum Gasteiger partial charge on any atom is 0.416 e. The number of alkyl halides is 3. The van der Waals surface area contributed by atoms with Crippen molar-refractivity contribution in [2.24, 2.45) is 5.73 Å². The first-order valence-corrected chi connectivity index (χ1v) is 6.10. The van der Waals surface area contributed by atoms with Crippen molar-refractivity contribution in [2.45, 2.75) is 12.7 Å². The Morgan fingerprint density at radius 1 is 1.33 bits per heavy atom. The Kier molecular flexibility index (Phi) is 3.62. The number of hydrogen-bond acceptors (Lipinski definition) is 2. The minimum Gasteiger partial charge on any atom is -0.326 e. The number of nitrogens with two attached hydrogens (primary N) is 1. The zero-order chi connectivity index (χ0) is 13.3. The molecule has 96 valence electrons. The van der Waals surface area contributed by atoms with Gasteiger partial charge in [0.2, 0.25) is 0 Å². The zero-order valence-electron chi connectivity index (χ0n) is 9.08. The fourth-order valence-corrected chi connectivity index (χ4v) is 1.98. The van der Waals surface area contributed by atoms with Gasteiger partial charge in [0, 0.05) is 12.7 Å². The number of rotatable bonds is 2. The van der Waals surface area contributed by atoms with E-state index in [4.69, 9.17) is 5.73 Å². The van der Waals surface area contributed by atoms with Crippen LogP contribution in [0.25, 0.3) is 5.69 Å². The van der Waals surface area contributed by atoms with E-state index in [1.165, 1.54) is 10.7 Å². The monoisotopic (exact) mass is 367 g/mol. The van der Waals surface area contributed by atoms with Gasteiger partial charge in [0.05, 0.1) is 21.0 Å². The van der Waals surface area contributed by atoms with Crippen molar-refractivity contribution in [1.29, 1.82) is 0 Å². The van der Waals surface area contributed by atoms with Crippen LogP contribution >= 0.6 is 22.6 Å². The summed E-state index contributed by atoms with van der Waals surface area (Å²) < 4.78 is 40.8. The van der Waals surface area contributed by atoms with Gasteiger partial charge in [0.15, 0.2) is 0 Å². The molecule has 0 bridgehead atoms. The van der Waals surface area contributed by atoms with Gasteiger partial charge in [0.1, 0.15) is 0 Å². The van der Waals surface area contributed by atoms with E-state index < -0.39 is 11.7 Å². The van der Waals surface area contributed by atoms with Gasteiger partial charge in [-0.15, -0.1) is 0 Å². The molecule has 0 fully saturated rings. The van der Waals surface area contributed by atoms with E-state index in [2.05, 4.69) is 5.10 Å². The van der Waals surface area contributed by atoms with Crippen molar-refractivity contribution in [3.8, 4) is 5.69 Å². The van der Waals surface area contributed by atoms with Crippen LogP contribution in [-0.2, 0) is 12.7 Å². The van der Waals surface area contributed by atoms with Gasteiger partial charge < -0.3 is 5.73 Å². The molecule has 2 rings (SSSR count). The van der Waals surface area contributed by atoms with Crippen LogP contribution in [0.4, 0.5) is 13.2 Å². The van der Waals surface area contributed by atoms with Crippen LogP contribution in [0.3, 0.4) is 0 Å². The smallest absolute Gasteiger partial charge is 0.326 e.